The summed E-state index contributed by atoms with van der Waals surface area (Å²) >= 11 is 0. The number of nitrogens with one attached hydrogen (secondary N) is 1. The van der Waals surface area contributed by atoms with E-state index in [1.807, 2.05) is 6.92 Å². The van der Waals surface area contributed by atoms with Crippen LogP contribution in [-0.4, -0.2) is 47.5 Å². The number of aliphatic hydroxyl groups is 1. The van der Waals surface area contributed by atoms with Crippen LogP contribution in [0, 0.1) is 11.6 Å². The minimum Gasteiger partial charge on any atom is -0.494 e. The molecular formula is C24H24F2N2O5. The predicted molar refractivity (Wildman–Crippen MR) is 118 cm³/mol. The van der Waals surface area contributed by atoms with E-state index in [4.69, 9.17) is 9.47 Å². The highest BCUT2D eigenvalue weighted by Crippen LogP contribution is 2.22. The van der Waals surface area contributed by atoms with Gasteiger partial charge in [-0.25, -0.2) is 8.78 Å². The summed E-state index contributed by atoms with van der Waals surface area (Å²) in [6.07, 6.45) is 0.664. The van der Waals surface area contributed by atoms with Crippen LogP contribution in [0.4, 0.5) is 8.78 Å². The van der Waals surface area contributed by atoms with Gasteiger partial charge in [-0.2, -0.15) is 0 Å². The van der Waals surface area contributed by atoms with Gasteiger partial charge in [-0.3, -0.25) is 9.59 Å². The third kappa shape index (κ3) is 4.74. The molecule has 3 aromatic rings. The molecule has 1 aliphatic heterocycles. The number of hydrogen-bond donors (Lipinski definition) is 2. The maximum atomic E-state index is 14.7. The molecule has 2 atom stereocenters. The van der Waals surface area contributed by atoms with Gasteiger partial charge < -0.3 is 24.5 Å². The number of carbonyl (C=O) groups excluding carboxylic acids is 1. The Morgan fingerprint density at radius 1 is 1.21 bits per heavy atom. The van der Waals surface area contributed by atoms with Crippen LogP contribution in [0.5, 0.6) is 5.75 Å². The molecule has 0 bridgehead atoms. The topological polar surface area (TPSA) is 89.8 Å². The zero-order valence-corrected chi connectivity index (χ0v) is 18.0. The van der Waals surface area contributed by atoms with Crippen molar-refractivity contribution in [1.29, 1.82) is 0 Å². The Kier molecular flexibility index (Phi) is 6.71. The van der Waals surface area contributed by atoms with Crippen LogP contribution in [0.25, 0.3) is 10.9 Å². The fourth-order valence-electron chi connectivity index (χ4n) is 3.93. The van der Waals surface area contributed by atoms with Gasteiger partial charge in [-0.05, 0) is 43.2 Å². The minimum atomic E-state index is -0.927. The van der Waals surface area contributed by atoms with Crippen molar-refractivity contribution in [3.63, 3.8) is 0 Å². The van der Waals surface area contributed by atoms with Crippen LogP contribution in [0.3, 0.4) is 0 Å². The lowest BCUT2D eigenvalue weighted by atomic mass is 10.0. The molecule has 174 valence electrons. The lowest BCUT2D eigenvalue weighted by molar-refractivity contribution is -0.0261. The molecule has 1 aliphatic rings. The number of hydrogen-bond acceptors (Lipinski definition) is 5. The first-order chi connectivity index (χ1) is 15.9. The summed E-state index contributed by atoms with van der Waals surface area (Å²) in [5.41, 5.74) is -0.740. The Labute approximate surface area is 188 Å². The maximum absolute atomic E-state index is 14.7. The number of nitrogens with zero attached hydrogens (tertiary/aromatic N) is 1. The molecule has 9 heteroatoms. The molecule has 2 heterocycles. The molecule has 7 nitrogen and oxygen atoms in total. The molecule has 2 N–H and O–H groups in total. The average molecular weight is 458 g/mol. The zero-order chi connectivity index (χ0) is 23.5. The van der Waals surface area contributed by atoms with Crippen LogP contribution in [0.15, 0.2) is 47.4 Å². The van der Waals surface area contributed by atoms with Gasteiger partial charge in [0.25, 0.3) is 5.91 Å². The molecule has 4 rings (SSSR count). The van der Waals surface area contributed by atoms with E-state index in [9.17, 15) is 23.5 Å². The highest BCUT2D eigenvalue weighted by Gasteiger charge is 2.27. The summed E-state index contributed by atoms with van der Waals surface area (Å²) in [5.74, 6) is -1.80. The Bertz CT molecular complexity index is 1230. The molecule has 1 fully saturated rings. The first-order valence-electron chi connectivity index (χ1n) is 10.7. The monoisotopic (exact) mass is 458 g/mol. The van der Waals surface area contributed by atoms with Crippen molar-refractivity contribution in [2.24, 2.45) is 0 Å². The van der Waals surface area contributed by atoms with Gasteiger partial charge >= 0.3 is 0 Å². The van der Waals surface area contributed by atoms with E-state index in [1.54, 1.807) is 24.3 Å². The highest BCUT2D eigenvalue weighted by atomic mass is 19.1. The highest BCUT2D eigenvalue weighted by molar-refractivity contribution is 5.97. The number of benzene rings is 2. The van der Waals surface area contributed by atoms with Gasteiger partial charge in [-0.15, -0.1) is 0 Å². The van der Waals surface area contributed by atoms with E-state index < -0.39 is 40.5 Å². The number of amides is 1. The number of aliphatic hydroxyl groups excluding tert-OH is 1. The molecule has 33 heavy (non-hydrogen) atoms. The minimum absolute atomic E-state index is 0.0600. The number of carbonyl (C=O) groups is 1. The van der Waals surface area contributed by atoms with E-state index in [1.165, 1.54) is 10.8 Å². The van der Waals surface area contributed by atoms with Crippen molar-refractivity contribution in [3.05, 3.63) is 75.6 Å². The van der Waals surface area contributed by atoms with Crippen molar-refractivity contribution < 1.29 is 28.2 Å². The Morgan fingerprint density at radius 3 is 2.64 bits per heavy atom. The fraction of sp³-hybridized carbons (Fsp3) is 0.333. The molecule has 1 aromatic heterocycles. The summed E-state index contributed by atoms with van der Waals surface area (Å²) in [5, 5.41) is 12.2. The number of halogens is 2. The van der Waals surface area contributed by atoms with Crippen LogP contribution in [0.2, 0.25) is 0 Å². The van der Waals surface area contributed by atoms with Crippen molar-refractivity contribution in [2.75, 3.05) is 19.8 Å². The first kappa shape index (κ1) is 22.9. The van der Waals surface area contributed by atoms with Crippen molar-refractivity contribution in [2.45, 2.75) is 32.0 Å². The number of aromatic nitrogens is 1. The molecule has 0 aliphatic carbocycles. The second kappa shape index (κ2) is 9.68. The Morgan fingerprint density at radius 2 is 1.94 bits per heavy atom. The molecule has 0 spiro atoms. The number of rotatable bonds is 6. The summed E-state index contributed by atoms with van der Waals surface area (Å²) in [6, 6.07) is 8.24. The average Bonchev–Trinajstić information content (AvgIpc) is 2.80. The molecule has 1 amide bonds. The van der Waals surface area contributed by atoms with Gasteiger partial charge in [-0.1, -0.05) is 12.1 Å². The second-order valence-corrected chi connectivity index (χ2v) is 7.84. The van der Waals surface area contributed by atoms with E-state index in [0.717, 1.165) is 17.7 Å². The largest absolute Gasteiger partial charge is 0.494 e. The first-order valence-corrected chi connectivity index (χ1v) is 10.7. The lowest BCUT2D eigenvalue weighted by Crippen LogP contribution is -2.49. The lowest BCUT2D eigenvalue weighted by Gasteiger charge is -2.28. The summed E-state index contributed by atoms with van der Waals surface area (Å²) in [6.45, 7) is 2.87. The van der Waals surface area contributed by atoms with Crippen LogP contribution in [-0.2, 0) is 11.3 Å². The van der Waals surface area contributed by atoms with Crippen molar-refractivity contribution in [3.8, 4) is 5.75 Å². The second-order valence-electron chi connectivity index (χ2n) is 7.84. The molecular weight excluding hydrogens is 434 g/mol. The summed E-state index contributed by atoms with van der Waals surface area (Å²) < 4.78 is 41.3. The van der Waals surface area contributed by atoms with Crippen LogP contribution >= 0.6 is 0 Å². The van der Waals surface area contributed by atoms with E-state index in [2.05, 4.69) is 5.32 Å². The molecule has 0 saturated carbocycles. The Hall–Kier alpha value is -3.30. The summed E-state index contributed by atoms with van der Waals surface area (Å²) in [7, 11) is 0. The van der Waals surface area contributed by atoms with E-state index >= 15 is 0 Å². The smallest absolute Gasteiger partial charge is 0.257 e. The van der Waals surface area contributed by atoms with Gasteiger partial charge in [0.05, 0.1) is 36.3 Å². The molecule has 2 aromatic carbocycles. The van der Waals surface area contributed by atoms with Gasteiger partial charge in [0, 0.05) is 19.3 Å². The predicted octanol–water partition coefficient (Wildman–Crippen LogP) is 2.61. The van der Waals surface area contributed by atoms with E-state index in [-0.39, 0.29) is 24.2 Å². The third-order valence-corrected chi connectivity index (χ3v) is 5.60. The standard InChI is InChI=1S/C24H24F2N2O5/c1-2-33-15-5-3-14(4-6-15)11-28-12-16(24(31)27-19-9-10-32-13-20(19)29)23(30)21-17(25)7-8-18(26)22(21)28/h3-8,12,19-20,29H,2,9-11,13H2,1H3,(H,27,31)/t19?,20-/m0/s1. The van der Waals surface area contributed by atoms with E-state index in [0.29, 0.717) is 25.4 Å². The quantitative estimate of drug-likeness (QED) is 0.593. The molecule has 1 saturated heterocycles. The van der Waals surface area contributed by atoms with Gasteiger partial charge in [0.15, 0.2) is 0 Å². The van der Waals surface area contributed by atoms with Crippen LogP contribution in [0.1, 0.15) is 29.3 Å². The van der Waals surface area contributed by atoms with Gasteiger partial charge in [0.1, 0.15) is 22.9 Å². The fourth-order valence-corrected chi connectivity index (χ4v) is 3.93. The maximum Gasteiger partial charge on any atom is 0.257 e. The molecule has 0 radical (unpaired) electrons. The van der Waals surface area contributed by atoms with Crippen molar-refractivity contribution in [1.82, 2.24) is 9.88 Å². The summed E-state index contributed by atoms with van der Waals surface area (Å²) in [4.78, 5) is 25.9. The molecule has 1 unspecified atom stereocenters. The SMILES string of the molecule is CCOc1ccc(Cn2cc(C(=O)NC3CCOC[C@@H]3O)c(=O)c3c(F)ccc(F)c32)cc1. The third-order valence-electron chi connectivity index (χ3n) is 5.60. The Balaban J connectivity index is 1.76. The number of fused-ring (bicyclic) bond motifs is 1. The van der Waals surface area contributed by atoms with Crippen LogP contribution < -0.4 is 15.5 Å². The zero-order valence-electron chi connectivity index (χ0n) is 18.0. The van der Waals surface area contributed by atoms with Crippen molar-refractivity contribution >= 4 is 16.8 Å². The normalized spacial score (nSPS) is 18.3. The number of ether oxygens (including phenoxy) is 2. The number of pyridine rings is 1. The van der Waals surface area contributed by atoms with Gasteiger partial charge in [0.2, 0.25) is 5.43 Å².